The predicted octanol–water partition coefficient (Wildman–Crippen LogP) is 4.14. The van der Waals surface area contributed by atoms with Gasteiger partial charge in [-0.1, -0.05) is 41.9 Å². The van der Waals surface area contributed by atoms with Gasteiger partial charge in [0.15, 0.2) is 5.78 Å². The molecule has 2 aromatic rings. The molecule has 23 heavy (non-hydrogen) atoms. The zero-order chi connectivity index (χ0) is 16.4. The van der Waals surface area contributed by atoms with Crippen LogP contribution >= 0.6 is 11.6 Å². The van der Waals surface area contributed by atoms with Gasteiger partial charge in [0, 0.05) is 48.2 Å². The van der Waals surface area contributed by atoms with Crippen LogP contribution in [-0.4, -0.2) is 31.0 Å². The van der Waals surface area contributed by atoms with Gasteiger partial charge in [-0.25, -0.2) is 0 Å². The molecule has 0 fully saturated rings. The quantitative estimate of drug-likeness (QED) is 0.778. The van der Waals surface area contributed by atoms with E-state index in [1.165, 1.54) is 0 Å². The molecular formula is C19H17ClN2O. The number of aliphatic imine (C=N–C) groups is 1. The molecule has 0 spiro atoms. The van der Waals surface area contributed by atoms with Crippen molar-refractivity contribution in [3.63, 3.8) is 0 Å². The molecule has 0 radical (unpaired) electrons. The van der Waals surface area contributed by atoms with Gasteiger partial charge in [-0.15, -0.1) is 0 Å². The van der Waals surface area contributed by atoms with Crippen LogP contribution in [0.25, 0.3) is 0 Å². The molecular weight excluding hydrogens is 308 g/mol. The Labute approximate surface area is 140 Å². The van der Waals surface area contributed by atoms with Gasteiger partial charge in [0.2, 0.25) is 0 Å². The van der Waals surface area contributed by atoms with E-state index in [9.17, 15) is 4.79 Å². The Morgan fingerprint density at radius 2 is 1.87 bits per heavy atom. The molecule has 0 aromatic heterocycles. The zero-order valence-electron chi connectivity index (χ0n) is 13.0. The normalized spacial score (nSPS) is 18.7. The number of carbonyl (C=O) groups is 1. The topological polar surface area (TPSA) is 32.7 Å². The number of halogens is 1. The number of benzene rings is 2. The number of hydrogen-bond acceptors (Lipinski definition) is 3. The summed E-state index contributed by atoms with van der Waals surface area (Å²) in [5.41, 5.74) is 3.03. The Morgan fingerprint density at radius 3 is 2.57 bits per heavy atom. The number of ketones is 1. The summed E-state index contributed by atoms with van der Waals surface area (Å²) in [6, 6.07) is 14.8. The number of hydrogen-bond donors (Lipinski definition) is 0. The van der Waals surface area contributed by atoms with Crippen molar-refractivity contribution in [3.8, 4) is 0 Å². The molecule has 2 aromatic carbocycles. The van der Waals surface area contributed by atoms with E-state index in [1.54, 1.807) is 24.4 Å². The smallest absolute Gasteiger partial charge is 0.193 e. The van der Waals surface area contributed by atoms with E-state index in [4.69, 9.17) is 11.6 Å². The molecule has 116 valence electrons. The molecule has 1 unspecified atom stereocenters. The molecule has 0 saturated heterocycles. The van der Waals surface area contributed by atoms with Gasteiger partial charge in [-0.3, -0.25) is 9.79 Å². The lowest BCUT2D eigenvalue weighted by Gasteiger charge is -2.17. The summed E-state index contributed by atoms with van der Waals surface area (Å²) < 4.78 is 0. The third kappa shape index (κ3) is 3.20. The number of rotatable bonds is 2. The standard InChI is InChI=1S/C19H17ClN2O/c1-22(2)12-17-18(13-6-4-3-5-7-13)21-11-14-10-15(20)8-9-16(14)19(17)23/h3-12,18H,1-2H3. The highest BCUT2D eigenvalue weighted by atomic mass is 35.5. The molecule has 4 heteroatoms. The SMILES string of the molecule is CN(C)C=C1C(=O)c2ccc(Cl)cc2C=NC1c1ccccc1. The van der Waals surface area contributed by atoms with E-state index in [2.05, 4.69) is 4.99 Å². The van der Waals surface area contributed by atoms with Gasteiger partial charge in [0.25, 0.3) is 0 Å². The van der Waals surface area contributed by atoms with Crippen LogP contribution in [0.5, 0.6) is 0 Å². The highest BCUT2D eigenvalue weighted by Crippen LogP contribution is 2.32. The van der Waals surface area contributed by atoms with Crippen molar-refractivity contribution in [2.24, 2.45) is 4.99 Å². The van der Waals surface area contributed by atoms with Crippen molar-refractivity contribution in [3.05, 3.63) is 82.0 Å². The summed E-state index contributed by atoms with van der Waals surface area (Å²) in [4.78, 5) is 19.6. The summed E-state index contributed by atoms with van der Waals surface area (Å²) >= 11 is 6.06. The summed E-state index contributed by atoms with van der Waals surface area (Å²) in [7, 11) is 3.80. The van der Waals surface area contributed by atoms with Crippen LogP contribution in [0.4, 0.5) is 0 Å². The fourth-order valence-corrected chi connectivity index (χ4v) is 2.85. The first-order valence-electron chi connectivity index (χ1n) is 7.37. The lowest BCUT2D eigenvalue weighted by atomic mass is 9.93. The van der Waals surface area contributed by atoms with Crippen molar-refractivity contribution in [1.29, 1.82) is 0 Å². The Kier molecular flexibility index (Phi) is 4.30. The summed E-state index contributed by atoms with van der Waals surface area (Å²) in [6.45, 7) is 0. The van der Waals surface area contributed by atoms with Crippen LogP contribution in [0.2, 0.25) is 5.02 Å². The van der Waals surface area contributed by atoms with Crippen LogP contribution in [0, 0.1) is 0 Å². The highest BCUT2D eigenvalue weighted by Gasteiger charge is 2.27. The molecule has 0 saturated carbocycles. The molecule has 0 amide bonds. The van der Waals surface area contributed by atoms with Gasteiger partial charge in [0.1, 0.15) is 6.04 Å². The number of Topliss-reactive ketones (excluding diaryl/α,β-unsaturated/α-hetero) is 1. The Hall–Kier alpha value is -2.39. The number of fused-ring (bicyclic) bond motifs is 1. The van der Waals surface area contributed by atoms with Crippen molar-refractivity contribution in [2.45, 2.75) is 6.04 Å². The maximum Gasteiger partial charge on any atom is 0.193 e. The summed E-state index contributed by atoms with van der Waals surface area (Å²) in [5, 5.41) is 0.597. The second-order valence-electron chi connectivity index (χ2n) is 5.70. The summed E-state index contributed by atoms with van der Waals surface area (Å²) in [5.74, 6) is -0.0169. The minimum Gasteiger partial charge on any atom is -0.383 e. The van der Waals surface area contributed by atoms with Crippen LogP contribution in [-0.2, 0) is 0 Å². The van der Waals surface area contributed by atoms with Crippen molar-refractivity contribution in [1.82, 2.24) is 4.90 Å². The maximum atomic E-state index is 13.0. The predicted molar refractivity (Wildman–Crippen MR) is 94.3 cm³/mol. The third-order valence-corrected chi connectivity index (χ3v) is 3.93. The average Bonchev–Trinajstić information content (AvgIpc) is 2.66. The number of carbonyl (C=O) groups excluding carboxylic acids is 1. The van der Waals surface area contributed by atoms with E-state index >= 15 is 0 Å². The monoisotopic (exact) mass is 324 g/mol. The first-order valence-corrected chi connectivity index (χ1v) is 7.74. The van der Waals surface area contributed by atoms with Gasteiger partial charge in [0.05, 0.1) is 0 Å². The second-order valence-corrected chi connectivity index (χ2v) is 6.14. The maximum absolute atomic E-state index is 13.0. The van der Waals surface area contributed by atoms with Crippen LogP contribution in [0.3, 0.4) is 0 Å². The first-order chi connectivity index (χ1) is 11.1. The molecule has 1 heterocycles. The second kappa shape index (κ2) is 6.39. The van der Waals surface area contributed by atoms with Crippen LogP contribution < -0.4 is 0 Å². The van der Waals surface area contributed by atoms with E-state index < -0.39 is 0 Å². The molecule has 0 N–H and O–H groups in total. The third-order valence-electron chi connectivity index (χ3n) is 3.69. The lowest BCUT2D eigenvalue weighted by molar-refractivity contribution is 0.102. The van der Waals surface area contributed by atoms with Gasteiger partial charge < -0.3 is 4.90 Å². The molecule has 0 aliphatic carbocycles. The van der Waals surface area contributed by atoms with Crippen LogP contribution in [0.15, 0.2) is 65.3 Å². The highest BCUT2D eigenvalue weighted by molar-refractivity contribution is 6.31. The molecule has 1 atom stereocenters. The van der Waals surface area contributed by atoms with E-state index in [-0.39, 0.29) is 11.8 Å². The molecule has 1 aliphatic heterocycles. The Balaban J connectivity index is 2.17. The van der Waals surface area contributed by atoms with Gasteiger partial charge >= 0.3 is 0 Å². The van der Waals surface area contributed by atoms with E-state index in [1.807, 2.05) is 55.5 Å². The largest absolute Gasteiger partial charge is 0.383 e. The fraction of sp³-hybridized carbons (Fsp3) is 0.158. The minimum atomic E-state index is -0.322. The Morgan fingerprint density at radius 1 is 1.13 bits per heavy atom. The van der Waals surface area contributed by atoms with Crippen molar-refractivity contribution >= 4 is 23.6 Å². The van der Waals surface area contributed by atoms with E-state index in [0.29, 0.717) is 16.2 Å². The Bertz CT molecular complexity index is 794. The lowest BCUT2D eigenvalue weighted by Crippen LogP contribution is -2.14. The fourth-order valence-electron chi connectivity index (χ4n) is 2.67. The minimum absolute atomic E-state index is 0.0169. The van der Waals surface area contributed by atoms with Crippen molar-refractivity contribution in [2.75, 3.05) is 14.1 Å². The van der Waals surface area contributed by atoms with E-state index in [0.717, 1.165) is 11.1 Å². The average molecular weight is 325 g/mol. The first kappa shape index (κ1) is 15.5. The summed E-state index contributed by atoms with van der Waals surface area (Å²) in [6.07, 6.45) is 3.59. The number of nitrogens with zero attached hydrogens (tertiary/aromatic N) is 2. The molecule has 1 aliphatic rings. The van der Waals surface area contributed by atoms with Crippen molar-refractivity contribution < 1.29 is 4.79 Å². The molecule has 0 bridgehead atoms. The van der Waals surface area contributed by atoms with Gasteiger partial charge in [-0.05, 0) is 23.8 Å². The molecule has 3 nitrogen and oxygen atoms in total. The van der Waals surface area contributed by atoms with Gasteiger partial charge in [-0.2, -0.15) is 0 Å². The zero-order valence-corrected chi connectivity index (χ0v) is 13.8. The molecule has 3 rings (SSSR count). The van der Waals surface area contributed by atoms with Crippen LogP contribution in [0.1, 0.15) is 27.5 Å².